The number of rotatable bonds is 9. The highest BCUT2D eigenvalue weighted by Crippen LogP contribution is 2.27. The van der Waals surface area contributed by atoms with Gasteiger partial charge in [0.15, 0.2) is 11.5 Å². The molecule has 2 aromatic rings. The molecule has 0 atom stereocenters. The van der Waals surface area contributed by atoms with E-state index in [4.69, 9.17) is 19.7 Å². The Hall–Kier alpha value is -3.85. The van der Waals surface area contributed by atoms with Crippen molar-refractivity contribution in [2.75, 3.05) is 39.9 Å². The molecule has 0 aliphatic carbocycles. The Bertz CT molecular complexity index is 1060. The fourth-order valence-corrected chi connectivity index (χ4v) is 4.33. The lowest BCUT2D eigenvalue weighted by atomic mass is 9.96. The van der Waals surface area contributed by atoms with Crippen molar-refractivity contribution in [3.05, 3.63) is 71.8 Å². The van der Waals surface area contributed by atoms with Gasteiger partial charge >= 0.3 is 11.9 Å². The molecule has 0 unspecified atom stereocenters. The van der Waals surface area contributed by atoms with Crippen molar-refractivity contribution in [1.82, 2.24) is 9.80 Å². The number of para-hydroxylation sites is 2. The van der Waals surface area contributed by atoms with Gasteiger partial charge in [-0.25, -0.2) is 9.59 Å². The van der Waals surface area contributed by atoms with Crippen molar-refractivity contribution in [1.29, 1.82) is 0 Å². The van der Waals surface area contributed by atoms with Gasteiger partial charge in [0.25, 0.3) is 5.91 Å². The summed E-state index contributed by atoms with van der Waals surface area (Å²) in [5, 5.41) is 15.6. The Morgan fingerprint density at radius 2 is 1.58 bits per heavy atom. The molecule has 0 bridgehead atoms. The number of aliphatic carboxylic acids is 2. The van der Waals surface area contributed by atoms with Crippen LogP contribution in [0, 0.1) is 5.92 Å². The molecular formula is C27H32N2O7. The van der Waals surface area contributed by atoms with Crippen LogP contribution in [0.25, 0.3) is 0 Å². The number of hydrogen-bond acceptors (Lipinski definition) is 6. The number of ether oxygens (including phenoxy) is 2. The van der Waals surface area contributed by atoms with E-state index in [9.17, 15) is 14.4 Å². The molecule has 2 N–H and O–H groups in total. The summed E-state index contributed by atoms with van der Waals surface area (Å²) in [6, 6.07) is 15.7. The average molecular weight is 497 g/mol. The van der Waals surface area contributed by atoms with E-state index in [2.05, 4.69) is 11.0 Å². The number of likely N-dealkylation sites (tertiary alicyclic amines) is 1. The third-order valence-electron chi connectivity index (χ3n) is 6.18. The highest BCUT2D eigenvalue weighted by atomic mass is 16.5. The maximum Gasteiger partial charge on any atom is 0.328 e. The molecule has 2 aliphatic rings. The molecule has 2 heterocycles. The third kappa shape index (κ3) is 7.84. The van der Waals surface area contributed by atoms with Gasteiger partial charge in [-0.1, -0.05) is 30.3 Å². The molecule has 0 saturated carbocycles. The van der Waals surface area contributed by atoms with Crippen LogP contribution in [-0.4, -0.2) is 77.8 Å². The highest BCUT2D eigenvalue weighted by Gasteiger charge is 2.30. The van der Waals surface area contributed by atoms with Gasteiger partial charge in [0.05, 0.1) is 7.11 Å². The Morgan fingerprint density at radius 1 is 0.972 bits per heavy atom. The molecule has 9 nitrogen and oxygen atoms in total. The summed E-state index contributed by atoms with van der Waals surface area (Å²) in [6.45, 7) is 5.34. The van der Waals surface area contributed by atoms with Crippen LogP contribution in [0.4, 0.5) is 0 Å². The monoisotopic (exact) mass is 496 g/mol. The Kier molecular flexibility index (Phi) is 9.88. The number of nitrogens with zero attached hydrogens (tertiary/aromatic N) is 2. The van der Waals surface area contributed by atoms with Gasteiger partial charge in [-0.15, -0.1) is 0 Å². The average Bonchev–Trinajstić information content (AvgIpc) is 3.19. The molecule has 0 aromatic heterocycles. The van der Waals surface area contributed by atoms with Gasteiger partial charge in [-0.05, 0) is 55.6 Å². The maximum atomic E-state index is 12.6. The van der Waals surface area contributed by atoms with Gasteiger partial charge in [-0.2, -0.15) is 0 Å². The summed E-state index contributed by atoms with van der Waals surface area (Å²) >= 11 is 0. The van der Waals surface area contributed by atoms with E-state index < -0.39 is 11.9 Å². The molecule has 192 valence electrons. The number of piperidine rings is 1. The SMILES string of the molecule is COc1ccccc1OCCN1CCC(CN2Cc3ccccc3C2=O)CC1.O=C(O)C=CC(=O)O. The van der Waals surface area contributed by atoms with Crippen molar-refractivity contribution < 1.29 is 34.1 Å². The van der Waals surface area contributed by atoms with Crippen molar-refractivity contribution in [2.24, 2.45) is 5.92 Å². The van der Waals surface area contributed by atoms with Crippen LogP contribution in [0.2, 0.25) is 0 Å². The van der Waals surface area contributed by atoms with Gasteiger partial charge < -0.3 is 24.6 Å². The number of amides is 1. The van der Waals surface area contributed by atoms with E-state index in [1.807, 2.05) is 47.4 Å². The predicted octanol–water partition coefficient (Wildman–Crippen LogP) is 3.15. The maximum absolute atomic E-state index is 12.6. The number of methoxy groups -OCH3 is 1. The predicted molar refractivity (Wildman–Crippen MR) is 133 cm³/mol. The van der Waals surface area contributed by atoms with E-state index in [-0.39, 0.29) is 5.91 Å². The lowest BCUT2D eigenvalue weighted by Gasteiger charge is -2.33. The second kappa shape index (κ2) is 13.3. The van der Waals surface area contributed by atoms with Crippen LogP contribution in [0.5, 0.6) is 11.5 Å². The quantitative estimate of drug-likeness (QED) is 0.509. The number of carboxylic acid groups (broad SMARTS) is 2. The van der Waals surface area contributed by atoms with Crippen molar-refractivity contribution in [3.63, 3.8) is 0 Å². The van der Waals surface area contributed by atoms with E-state index in [0.29, 0.717) is 24.7 Å². The molecule has 36 heavy (non-hydrogen) atoms. The van der Waals surface area contributed by atoms with E-state index >= 15 is 0 Å². The van der Waals surface area contributed by atoms with Gasteiger partial charge in [0.2, 0.25) is 0 Å². The molecule has 9 heteroatoms. The molecule has 4 rings (SSSR count). The third-order valence-corrected chi connectivity index (χ3v) is 6.18. The highest BCUT2D eigenvalue weighted by molar-refractivity contribution is 5.98. The first kappa shape index (κ1) is 26.7. The summed E-state index contributed by atoms with van der Waals surface area (Å²) in [6.07, 6.45) is 3.38. The first-order valence-electron chi connectivity index (χ1n) is 11.9. The Balaban J connectivity index is 0.000000392. The summed E-state index contributed by atoms with van der Waals surface area (Å²) < 4.78 is 11.2. The molecule has 1 amide bonds. The number of hydrogen-bond donors (Lipinski definition) is 2. The Labute approximate surface area is 210 Å². The number of benzene rings is 2. The van der Waals surface area contributed by atoms with Crippen molar-refractivity contribution in [3.8, 4) is 11.5 Å². The summed E-state index contributed by atoms with van der Waals surface area (Å²) in [5.41, 5.74) is 2.05. The minimum Gasteiger partial charge on any atom is -0.493 e. The lowest BCUT2D eigenvalue weighted by molar-refractivity contribution is -0.134. The van der Waals surface area contributed by atoms with Gasteiger partial charge in [0, 0.05) is 37.3 Å². The fourth-order valence-electron chi connectivity index (χ4n) is 4.33. The minimum atomic E-state index is -1.26. The number of carbonyl (C=O) groups excluding carboxylic acids is 1. The summed E-state index contributed by atoms with van der Waals surface area (Å²) in [7, 11) is 1.66. The molecule has 2 aliphatic heterocycles. The Morgan fingerprint density at radius 3 is 2.19 bits per heavy atom. The first-order chi connectivity index (χ1) is 17.4. The topological polar surface area (TPSA) is 117 Å². The van der Waals surface area contributed by atoms with Crippen LogP contribution in [0.1, 0.15) is 28.8 Å². The zero-order valence-electron chi connectivity index (χ0n) is 20.3. The fraction of sp³-hybridized carbons (Fsp3) is 0.370. The zero-order chi connectivity index (χ0) is 25.9. The normalized spacial score (nSPS) is 15.8. The number of carboxylic acids is 2. The minimum absolute atomic E-state index is 0.197. The number of fused-ring (bicyclic) bond motifs is 1. The van der Waals surface area contributed by atoms with E-state index in [0.717, 1.165) is 62.6 Å². The summed E-state index contributed by atoms with van der Waals surface area (Å²) in [5.74, 6) is -0.155. The molecule has 0 spiro atoms. The first-order valence-corrected chi connectivity index (χ1v) is 11.9. The van der Waals surface area contributed by atoms with Gasteiger partial charge in [-0.3, -0.25) is 9.69 Å². The second-order valence-electron chi connectivity index (χ2n) is 8.64. The van der Waals surface area contributed by atoms with Crippen LogP contribution in [0.15, 0.2) is 60.7 Å². The smallest absolute Gasteiger partial charge is 0.328 e. The van der Waals surface area contributed by atoms with Crippen molar-refractivity contribution >= 4 is 17.8 Å². The molecular weight excluding hydrogens is 464 g/mol. The second-order valence-corrected chi connectivity index (χ2v) is 8.64. The zero-order valence-corrected chi connectivity index (χ0v) is 20.3. The largest absolute Gasteiger partial charge is 0.493 e. The van der Waals surface area contributed by atoms with Crippen LogP contribution in [0.3, 0.4) is 0 Å². The standard InChI is InChI=1S/C23H28N2O3.C4H4O4/c1-27-21-8-4-5-9-22(21)28-15-14-24-12-10-18(11-13-24)16-25-17-19-6-2-3-7-20(19)23(25)26;5-3(6)1-2-4(7)8/h2-9,18H,10-17H2,1H3;1-2H,(H,5,6)(H,7,8). The van der Waals surface area contributed by atoms with Crippen LogP contribution >= 0.6 is 0 Å². The molecule has 1 saturated heterocycles. The lowest BCUT2D eigenvalue weighted by Crippen LogP contribution is -2.40. The van der Waals surface area contributed by atoms with E-state index in [1.54, 1.807) is 7.11 Å². The molecule has 2 aromatic carbocycles. The van der Waals surface area contributed by atoms with Crippen molar-refractivity contribution in [2.45, 2.75) is 19.4 Å². The van der Waals surface area contributed by atoms with Crippen LogP contribution in [-0.2, 0) is 16.1 Å². The number of carbonyl (C=O) groups is 3. The van der Waals surface area contributed by atoms with E-state index in [1.165, 1.54) is 5.56 Å². The van der Waals surface area contributed by atoms with Crippen LogP contribution < -0.4 is 9.47 Å². The molecule has 1 fully saturated rings. The van der Waals surface area contributed by atoms with Gasteiger partial charge in [0.1, 0.15) is 6.61 Å². The summed E-state index contributed by atoms with van der Waals surface area (Å²) in [4.78, 5) is 36.1. The molecule has 0 radical (unpaired) electrons.